The molecule has 3 heterocycles. The lowest BCUT2D eigenvalue weighted by Crippen LogP contribution is -2.47. The van der Waals surface area contributed by atoms with Gasteiger partial charge >= 0.3 is 0 Å². The lowest BCUT2D eigenvalue weighted by molar-refractivity contribution is -0.119. The Labute approximate surface area is 179 Å². The van der Waals surface area contributed by atoms with E-state index < -0.39 is 12.0 Å². The zero-order valence-corrected chi connectivity index (χ0v) is 17.7. The molecule has 4 rings (SSSR count). The number of anilines is 1. The molecule has 1 aromatic carbocycles. The normalized spacial score (nSPS) is 18.2. The Bertz CT molecular complexity index is 1030. The number of hydrogen-bond donors (Lipinski definition) is 1. The van der Waals surface area contributed by atoms with Gasteiger partial charge in [0.15, 0.2) is 0 Å². The van der Waals surface area contributed by atoms with E-state index in [9.17, 15) is 9.59 Å². The minimum absolute atomic E-state index is 0.0847. The van der Waals surface area contributed by atoms with Crippen molar-refractivity contribution in [3.8, 4) is 0 Å². The minimum atomic E-state index is -0.558. The van der Waals surface area contributed by atoms with Gasteiger partial charge in [-0.2, -0.15) is 0 Å². The first-order valence-corrected chi connectivity index (χ1v) is 10.6. The van der Waals surface area contributed by atoms with Crippen molar-refractivity contribution in [2.75, 3.05) is 25.6 Å². The van der Waals surface area contributed by atoms with E-state index >= 15 is 0 Å². The molecule has 2 amide bonds. The van der Waals surface area contributed by atoms with E-state index in [0.29, 0.717) is 24.5 Å². The Morgan fingerprint density at radius 2 is 2.03 bits per heavy atom. The molecule has 154 valence electrons. The van der Waals surface area contributed by atoms with Crippen molar-refractivity contribution in [3.63, 3.8) is 0 Å². The third-order valence-corrected chi connectivity index (χ3v) is 6.20. The van der Waals surface area contributed by atoms with E-state index in [1.54, 1.807) is 41.7 Å². The fraction of sp³-hybridized carbons (Fsp3) is 0.261. The minimum Gasteiger partial charge on any atom is -0.383 e. The first-order valence-electron chi connectivity index (χ1n) is 9.76. The SMILES string of the molecule is COCCN1C(=O)c2ccccc2[C@H](C(=O)Nc2ccc(C)cn2)[C@H]1c1cccs1. The van der Waals surface area contributed by atoms with Crippen molar-refractivity contribution in [2.45, 2.75) is 18.9 Å². The Balaban J connectivity index is 1.78. The van der Waals surface area contributed by atoms with E-state index in [1.165, 1.54) is 0 Å². The average Bonchev–Trinajstić information content (AvgIpc) is 3.29. The number of carbonyl (C=O) groups excluding carboxylic acids is 2. The summed E-state index contributed by atoms with van der Waals surface area (Å²) in [4.78, 5) is 33.9. The number of methoxy groups -OCH3 is 1. The number of nitrogens with zero attached hydrogens (tertiary/aromatic N) is 2. The molecule has 0 spiro atoms. The number of rotatable bonds is 6. The number of amides is 2. The van der Waals surface area contributed by atoms with E-state index in [0.717, 1.165) is 16.0 Å². The molecule has 0 aliphatic carbocycles. The molecule has 2 aromatic heterocycles. The third kappa shape index (κ3) is 3.86. The molecule has 0 fully saturated rings. The second-order valence-electron chi connectivity index (χ2n) is 7.23. The second-order valence-corrected chi connectivity index (χ2v) is 8.21. The molecule has 0 bridgehead atoms. The lowest BCUT2D eigenvalue weighted by Gasteiger charge is -2.41. The number of benzene rings is 1. The summed E-state index contributed by atoms with van der Waals surface area (Å²) in [6.45, 7) is 2.74. The Morgan fingerprint density at radius 3 is 2.73 bits per heavy atom. The van der Waals surface area contributed by atoms with Crippen molar-refractivity contribution in [3.05, 3.63) is 81.7 Å². The van der Waals surface area contributed by atoms with Crippen molar-refractivity contribution in [1.29, 1.82) is 0 Å². The van der Waals surface area contributed by atoms with Crippen molar-refractivity contribution < 1.29 is 14.3 Å². The van der Waals surface area contributed by atoms with Gasteiger partial charge in [0.2, 0.25) is 5.91 Å². The number of hydrogen-bond acceptors (Lipinski definition) is 5. The zero-order valence-electron chi connectivity index (χ0n) is 16.9. The van der Waals surface area contributed by atoms with Crippen LogP contribution in [0.5, 0.6) is 0 Å². The Hall–Kier alpha value is -3.03. The van der Waals surface area contributed by atoms with Gasteiger partial charge in [0, 0.05) is 30.3 Å². The zero-order chi connectivity index (χ0) is 21.1. The van der Waals surface area contributed by atoms with E-state index in [2.05, 4.69) is 10.3 Å². The molecule has 7 heteroatoms. The monoisotopic (exact) mass is 421 g/mol. The molecule has 3 aromatic rings. The van der Waals surface area contributed by atoms with Crippen LogP contribution in [0.1, 0.15) is 38.3 Å². The second kappa shape index (κ2) is 8.77. The van der Waals surface area contributed by atoms with Crippen LogP contribution in [0.15, 0.2) is 60.1 Å². The Morgan fingerprint density at radius 1 is 1.20 bits per heavy atom. The standard InChI is InChI=1S/C23H23N3O3S/c1-15-9-10-19(24-14-15)25-22(27)20-16-6-3-4-7-17(16)23(28)26(11-12-29-2)21(20)18-8-5-13-30-18/h3-10,13-14,20-21H,11-12H2,1-2H3,(H,24,25,27)/t20-,21+/m0/s1. The van der Waals surface area contributed by atoms with Gasteiger partial charge < -0.3 is 15.0 Å². The summed E-state index contributed by atoms with van der Waals surface area (Å²) >= 11 is 1.54. The van der Waals surface area contributed by atoms with Crippen LogP contribution in [0.25, 0.3) is 0 Å². The third-order valence-electron chi connectivity index (χ3n) is 5.25. The van der Waals surface area contributed by atoms with Crippen molar-refractivity contribution >= 4 is 29.0 Å². The number of thiophene rings is 1. The molecule has 0 radical (unpaired) electrons. The first-order chi connectivity index (χ1) is 14.6. The molecule has 0 unspecified atom stereocenters. The first kappa shape index (κ1) is 20.3. The molecule has 30 heavy (non-hydrogen) atoms. The van der Waals surface area contributed by atoms with Crippen LogP contribution < -0.4 is 5.32 Å². The maximum absolute atomic E-state index is 13.5. The molecular weight excluding hydrogens is 398 g/mol. The summed E-state index contributed by atoms with van der Waals surface area (Å²) < 4.78 is 5.25. The molecule has 6 nitrogen and oxygen atoms in total. The van der Waals surface area contributed by atoms with Gasteiger partial charge in [-0.05, 0) is 41.6 Å². The van der Waals surface area contributed by atoms with Crippen LogP contribution in [0.2, 0.25) is 0 Å². The van der Waals surface area contributed by atoms with Gasteiger partial charge in [0.1, 0.15) is 5.82 Å². The van der Waals surface area contributed by atoms with Crippen LogP contribution in [0.3, 0.4) is 0 Å². The van der Waals surface area contributed by atoms with Crippen LogP contribution in [-0.2, 0) is 9.53 Å². The summed E-state index contributed by atoms with van der Waals surface area (Å²) in [5.74, 6) is -0.337. The molecule has 1 N–H and O–H groups in total. The van der Waals surface area contributed by atoms with Crippen molar-refractivity contribution in [1.82, 2.24) is 9.88 Å². The maximum atomic E-state index is 13.5. The highest BCUT2D eigenvalue weighted by molar-refractivity contribution is 7.10. The molecule has 0 saturated carbocycles. The van der Waals surface area contributed by atoms with Crippen LogP contribution in [-0.4, -0.2) is 42.0 Å². The number of fused-ring (bicyclic) bond motifs is 1. The molecule has 2 atom stereocenters. The van der Waals surface area contributed by atoms with Crippen molar-refractivity contribution in [2.24, 2.45) is 0 Å². The number of carbonyl (C=O) groups is 2. The highest BCUT2D eigenvalue weighted by Gasteiger charge is 2.44. The van der Waals surface area contributed by atoms with Crippen LogP contribution in [0, 0.1) is 6.92 Å². The number of aryl methyl sites for hydroxylation is 1. The molecule has 1 aliphatic heterocycles. The highest BCUT2D eigenvalue weighted by Crippen LogP contribution is 2.44. The largest absolute Gasteiger partial charge is 0.383 e. The van der Waals surface area contributed by atoms with Crippen LogP contribution in [0.4, 0.5) is 5.82 Å². The van der Waals surface area contributed by atoms with E-state index in [1.807, 2.05) is 48.7 Å². The predicted molar refractivity (Wildman–Crippen MR) is 117 cm³/mol. The van der Waals surface area contributed by atoms with E-state index in [-0.39, 0.29) is 11.8 Å². The highest BCUT2D eigenvalue weighted by atomic mass is 32.1. The lowest BCUT2D eigenvalue weighted by atomic mass is 9.81. The molecule has 0 saturated heterocycles. The fourth-order valence-electron chi connectivity index (χ4n) is 3.83. The van der Waals surface area contributed by atoms with E-state index in [4.69, 9.17) is 4.74 Å². The predicted octanol–water partition coefficient (Wildman–Crippen LogP) is 4.02. The topological polar surface area (TPSA) is 71.5 Å². The summed E-state index contributed by atoms with van der Waals surface area (Å²) in [7, 11) is 1.61. The molecule has 1 aliphatic rings. The number of ether oxygens (including phenoxy) is 1. The van der Waals surface area contributed by atoms with Gasteiger partial charge in [-0.3, -0.25) is 9.59 Å². The van der Waals surface area contributed by atoms with Gasteiger partial charge in [-0.1, -0.05) is 30.3 Å². The van der Waals surface area contributed by atoms with Crippen LogP contribution >= 0.6 is 11.3 Å². The summed E-state index contributed by atoms with van der Waals surface area (Å²) in [6.07, 6.45) is 1.72. The number of aromatic nitrogens is 1. The summed E-state index contributed by atoms with van der Waals surface area (Å²) in [5, 5.41) is 4.91. The summed E-state index contributed by atoms with van der Waals surface area (Å²) in [5.41, 5.74) is 2.31. The quantitative estimate of drug-likeness (QED) is 0.653. The van der Waals surface area contributed by atoms with Gasteiger partial charge in [0.05, 0.1) is 18.6 Å². The Kier molecular flexibility index (Phi) is 5.92. The summed E-state index contributed by atoms with van der Waals surface area (Å²) in [6, 6.07) is 14.5. The fourth-order valence-corrected chi connectivity index (χ4v) is 4.71. The van der Waals surface area contributed by atoms with Gasteiger partial charge in [-0.15, -0.1) is 11.3 Å². The molecular formula is C23H23N3O3S. The van der Waals surface area contributed by atoms with Gasteiger partial charge in [0.25, 0.3) is 5.91 Å². The van der Waals surface area contributed by atoms with Gasteiger partial charge in [-0.25, -0.2) is 4.98 Å². The smallest absolute Gasteiger partial charge is 0.254 e. The average molecular weight is 422 g/mol. The maximum Gasteiger partial charge on any atom is 0.254 e. The number of nitrogens with one attached hydrogen (secondary N) is 1. The number of pyridine rings is 1.